The molecule has 0 atom stereocenters. The van der Waals surface area contributed by atoms with Gasteiger partial charge in [-0.2, -0.15) is 0 Å². The standard InChI is InChI=1S/2C4H9O.C2H3O.Sb/c2*1-2-3-4-5;1-2-3;/h2*2-4H2,1H3;1H3;/q2*-1;;+2. The average Bonchev–Trinajstić information content (AvgIpc) is 2.07. The van der Waals surface area contributed by atoms with Crippen molar-refractivity contribution in [3.8, 4) is 0 Å². The van der Waals surface area contributed by atoms with Crippen molar-refractivity contribution in [2.75, 3.05) is 13.2 Å². The van der Waals surface area contributed by atoms with E-state index in [2.05, 4.69) is 0 Å². The van der Waals surface area contributed by atoms with Crippen LogP contribution in [0.1, 0.15) is 46.5 Å². The van der Waals surface area contributed by atoms with Gasteiger partial charge in [-0.05, 0) is 0 Å². The summed E-state index contributed by atoms with van der Waals surface area (Å²) in [5.74, 6) is 0. The normalized spacial score (nSPS) is 7.79. The molecule has 14 heavy (non-hydrogen) atoms. The van der Waals surface area contributed by atoms with E-state index in [4.69, 9.17) is 0 Å². The molecule has 0 bridgehead atoms. The van der Waals surface area contributed by atoms with Gasteiger partial charge in [0.25, 0.3) is 0 Å². The Bertz CT molecular complexity index is 83.4. The van der Waals surface area contributed by atoms with Crippen LogP contribution in [0.4, 0.5) is 0 Å². The Morgan fingerprint density at radius 3 is 1.29 bits per heavy atom. The van der Waals surface area contributed by atoms with E-state index in [1.807, 2.05) is 13.8 Å². The first-order valence-electron chi connectivity index (χ1n) is 4.92. The van der Waals surface area contributed by atoms with Crippen LogP contribution in [0.25, 0.3) is 0 Å². The Morgan fingerprint density at radius 2 is 1.29 bits per heavy atom. The number of hydrogen-bond acceptors (Lipinski definition) is 3. The second kappa shape index (κ2) is 23.3. The molecule has 0 aromatic heterocycles. The van der Waals surface area contributed by atoms with Gasteiger partial charge >= 0.3 is 38.5 Å². The Kier molecular flexibility index (Phi) is 33.2. The van der Waals surface area contributed by atoms with Crippen LogP contribution < -0.4 is 10.2 Å². The van der Waals surface area contributed by atoms with Crippen molar-refractivity contribution in [1.29, 1.82) is 0 Å². The van der Waals surface area contributed by atoms with Gasteiger partial charge < -0.3 is 10.2 Å². The van der Waals surface area contributed by atoms with Gasteiger partial charge in [0.05, 0.1) is 0 Å². The van der Waals surface area contributed by atoms with E-state index < -0.39 is 0 Å². The monoisotopic (exact) mass is 310 g/mol. The van der Waals surface area contributed by atoms with Gasteiger partial charge in [-0.15, -0.1) is 13.2 Å². The van der Waals surface area contributed by atoms with Crippen molar-refractivity contribution in [1.82, 2.24) is 0 Å². The predicted molar refractivity (Wildman–Crippen MR) is 56.0 cm³/mol. The summed E-state index contributed by atoms with van der Waals surface area (Å²) in [5, 5.41) is 19.1. The first kappa shape index (κ1) is 19.9. The Labute approximate surface area is 101 Å². The topological polar surface area (TPSA) is 63.2 Å². The average molecular weight is 311 g/mol. The van der Waals surface area contributed by atoms with Gasteiger partial charge in [0, 0.05) is 0 Å². The van der Waals surface area contributed by atoms with E-state index in [9.17, 15) is 15.0 Å². The molecule has 0 unspecified atom stereocenters. The summed E-state index contributed by atoms with van der Waals surface area (Å²) in [6.45, 7) is 5.76. The maximum atomic E-state index is 9.53. The second-order valence-electron chi connectivity index (χ2n) is 2.63. The molecule has 0 aliphatic heterocycles. The minimum absolute atomic E-state index is 0.0938. The van der Waals surface area contributed by atoms with Crippen LogP contribution in [0.3, 0.4) is 0 Å². The fourth-order valence-corrected chi connectivity index (χ4v) is 0.289. The van der Waals surface area contributed by atoms with Crippen molar-refractivity contribution in [2.45, 2.75) is 46.5 Å². The van der Waals surface area contributed by atoms with Gasteiger partial charge in [-0.25, -0.2) is 0 Å². The third-order valence-corrected chi connectivity index (χ3v) is 0.996. The van der Waals surface area contributed by atoms with Crippen LogP contribution in [0, 0.1) is 0 Å². The molecule has 0 N–H and O–H groups in total. The van der Waals surface area contributed by atoms with Crippen molar-refractivity contribution >= 4 is 26.8 Å². The van der Waals surface area contributed by atoms with Crippen molar-refractivity contribution in [2.24, 2.45) is 0 Å². The molecule has 3 nitrogen and oxygen atoms in total. The van der Waals surface area contributed by atoms with Gasteiger partial charge in [-0.3, -0.25) is 0 Å². The molecule has 0 heterocycles. The summed E-state index contributed by atoms with van der Waals surface area (Å²) < 4.78 is 0.217. The fraction of sp³-hybridized carbons (Fsp3) is 0.900. The summed E-state index contributed by atoms with van der Waals surface area (Å²) in [6.07, 6.45) is 3.73. The zero-order valence-corrected chi connectivity index (χ0v) is 12.0. The van der Waals surface area contributed by atoms with Crippen LogP contribution in [0.5, 0.6) is 0 Å². The maximum absolute atomic E-state index is 9.53. The number of unbranched alkanes of at least 4 members (excludes halogenated alkanes) is 2. The number of hydrogen-bond donors (Lipinski definition) is 0. The van der Waals surface area contributed by atoms with E-state index in [1.165, 1.54) is 23.0 Å². The Morgan fingerprint density at radius 1 is 1.07 bits per heavy atom. The number of carbonyl (C=O) groups excluding carboxylic acids is 1. The number of carbonyl (C=O) groups is 1. The second-order valence-corrected chi connectivity index (χ2v) is 4.43. The predicted octanol–water partition coefficient (Wildman–Crippen LogP) is -0.00500. The van der Waals surface area contributed by atoms with E-state index >= 15 is 0 Å². The van der Waals surface area contributed by atoms with Crippen LogP contribution in [-0.2, 0) is 4.79 Å². The van der Waals surface area contributed by atoms with Gasteiger partial charge in [-0.1, -0.05) is 39.5 Å². The Balaban J connectivity index is -0.000000131. The molecule has 0 saturated carbocycles. The van der Waals surface area contributed by atoms with E-state index in [1.54, 1.807) is 6.92 Å². The van der Waals surface area contributed by atoms with Gasteiger partial charge in [0.15, 0.2) is 0 Å². The molecule has 0 saturated heterocycles. The number of rotatable bonds is 4. The van der Waals surface area contributed by atoms with Crippen LogP contribution in [-0.4, -0.2) is 40.0 Å². The summed E-state index contributed by atoms with van der Waals surface area (Å²) in [7, 11) is 0. The Hall–Kier alpha value is 0.408. The summed E-state index contributed by atoms with van der Waals surface area (Å²) in [6, 6.07) is 0. The molecular weight excluding hydrogens is 290 g/mol. The van der Waals surface area contributed by atoms with Crippen LogP contribution in [0.2, 0.25) is 0 Å². The summed E-state index contributed by atoms with van der Waals surface area (Å²) in [5.41, 5.74) is 0. The van der Waals surface area contributed by atoms with Gasteiger partial charge in [0.2, 0.25) is 0 Å². The first-order valence-corrected chi connectivity index (χ1v) is 6.20. The SMILES string of the molecule is CCCC[O-].CCCC[O-].C[C](=O)[Sb+2]. The molecule has 0 aliphatic rings. The molecule has 0 fully saturated rings. The fourth-order valence-electron chi connectivity index (χ4n) is 0.289. The van der Waals surface area contributed by atoms with Crippen molar-refractivity contribution in [3.05, 3.63) is 0 Å². The van der Waals surface area contributed by atoms with E-state index in [-0.39, 0.29) is 16.9 Å². The third-order valence-electron chi connectivity index (χ3n) is 0.996. The molecule has 0 amide bonds. The minimum atomic E-state index is 0.0938. The van der Waals surface area contributed by atoms with Crippen molar-refractivity contribution in [3.63, 3.8) is 0 Å². The molecule has 2 radical (unpaired) electrons. The summed E-state index contributed by atoms with van der Waals surface area (Å²) >= 11 is 1.23. The first-order chi connectivity index (χ1) is 6.56. The summed E-state index contributed by atoms with van der Waals surface area (Å²) in [4.78, 5) is 9.47. The van der Waals surface area contributed by atoms with Crippen molar-refractivity contribution < 1.29 is 15.0 Å². The third kappa shape index (κ3) is 83.1. The zero-order chi connectivity index (χ0) is 11.8. The molecule has 0 aliphatic carbocycles. The van der Waals surface area contributed by atoms with E-state index in [0.717, 1.165) is 25.7 Å². The molecule has 0 aromatic carbocycles. The van der Waals surface area contributed by atoms with Crippen LogP contribution in [0.15, 0.2) is 0 Å². The molecule has 4 heteroatoms. The molecular formula is C10H21O3Sb. The molecule has 0 rings (SSSR count). The molecule has 84 valence electrons. The zero-order valence-electron chi connectivity index (χ0n) is 9.41. The van der Waals surface area contributed by atoms with Crippen LogP contribution >= 0.6 is 0 Å². The molecule has 0 spiro atoms. The van der Waals surface area contributed by atoms with Gasteiger partial charge in [0.1, 0.15) is 0 Å². The van der Waals surface area contributed by atoms with E-state index in [0.29, 0.717) is 0 Å². The quantitative estimate of drug-likeness (QED) is 0.686. The molecule has 0 aromatic rings.